The smallest absolute Gasteiger partial charge is 0.303 e. The van der Waals surface area contributed by atoms with E-state index in [0.29, 0.717) is 0 Å². The summed E-state index contributed by atoms with van der Waals surface area (Å²) in [5.74, 6) is -0.249. The Hall–Kier alpha value is -0.990. The van der Waals surface area contributed by atoms with Crippen LogP contribution in [0.25, 0.3) is 0 Å². The van der Waals surface area contributed by atoms with Crippen LogP contribution in [0.15, 0.2) is 12.3 Å². The van der Waals surface area contributed by atoms with Gasteiger partial charge in [0.05, 0.1) is 6.26 Å². The second-order valence-corrected chi connectivity index (χ2v) is 2.60. The summed E-state index contributed by atoms with van der Waals surface area (Å²) in [6.07, 6.45) is 4.11. The fourth-order valence-electron chi connectivity index (χ4n) is 1.01. The first-order valence-corrected chi connectivity index (χ1v) is 3.68. The van der Waals surface area contributed by atoms with Crippen LogP contribution in [0.2, 0.25) is 0 Å². The van der Waals surface area contributed by atoms with E-state index >= 15 is 0 Å². The molecule has 0 radical (unpaired) electrons. The largest absolute Gasteiger partial charge is 0.495 e. The first-order valence-electron chi connectivity index (χ1n) is 3.68. The Morgan fingerprint density at radius 3 is 3.00 bits per heavy atom. The molecule has 0 bridgehead atoms. The van der Waals surface area contributed by atoms with Gasteiger partial charge in [0.1, 0.15) is 12.2 Å². The highest BCUT2D eigenvalue weighted by molar-refractivity contribution is 5.66. The molecule has 0 N–H and O–H groups in total. The third-order valence-corrected chi connectivity index (χ3v) is 1.60. The minimum atomic E-state index is -0.249. The number of rotatable bonds is 1. The van der Waals surface area contributed by atoms with Gasteiger partial charge in [0.25, 0.3) is 0 Å². The minimum absolute atomic E-state index is 0.0242. The van der Waals surface area contributed by atoms with Crippen molar-refractivity contribution >= 4 is 5.97 Å². The molecule has 3 nitrogen and oxygen atoms in total. The van der Waals surface area contributed by atoms with Crippen LogP contribution in [-0.4, -0.2) is 18.2 Å². The van der Waals surface area contributed by atoms with Crippen molar-refractivity contribution in [2.45, 2.75) is 32.5 Å². The van der Waals surface area contributed by atoms with E-state index in [-0.39, 0.29) is 18.2 Å². The predicted molar refractivity (Wildman–Crippen MR) is 39.9 cm³/mol. The average molecular weight is 156 g/mol. The lowest BCUT2D eigenvalue weighted by molar-refractivity contribution is -0.152. The standard InChI is InChI=1S/C8H12O3/c1-6-8(11-7(2)9)4-3-5-10-6/h3,5-6,8H,4H2,1-2H3/t6-,8-/m1/s1. The molecule has 0 saturated heterocycles. The molecule has 2 atom stereocenters. The van der Waals surface area contributed by atoms with Crippen LogP contribution in [0.1, 0.15) is 20.3 Å². The first-order chi connectivity index (χ1) is 5.20. The molecule has 0 saturated carbocycles. The second kappa shape index (κ2) is 3.42. The molecule has 0 aliphatic carbocycles. The quantitative estimate of drug-likeness (QED) is 0.536. The number of ether oxygens (including phenoxy) is 2. The Morgan fingerprint density at radius 1 is 1.73 bits per heavy atom. The lowest BCUT2D eigenvalue weighted by Crippen LogP contribution is -2.31. The Balaban J connectivity index is 2.44. The van der Waals surface area contributed by atoms with Gasteiger partial charge in [-0.3, -0.25) is 4.79 Å². The fourth-order valence-corrected chi connectivity index (χ4v) is 1.01. The Kier molecular flexibility index (Phi) is 2.52. The van der Waals surface area contributed by atoms with Crippen molar-refractivity contribution in [1.82, 2.24) is 0 Å². The molecule has 62 valence electrons. The van der Waals surface area contributed by atoms with E-state index in [2.05, 4.69) is 0 Å². The van der Waals surface area contributed by atoms with Crippen molar-refractivity contribution in [3.05, 3.63) is 12.3 Å². The number of hydrogen-bond acceptors (Lipinski definition) is 3. The summed E-state index contributed by atoms with van der Waals surface area (Å²) < 4.78 is 10.1. The highest BCUT2D eigenvalue weighted by atomic mass is 16.6. The van der Waals surface area contributed by atoms with Crippen LogP contribution in [0.3, 0.4) is 0 Å². The molecule has 0 aromatic heterocycles. The maximum Gasteiger partial charge on any atom is 0.303 e. The van der Waals surface area contributed by atoms with Gasteiger partial charge in [-0.15, -0.1) is 0 Å². The molecule has 11 heavy (non-hydrogen) atoms. The van der Waals surface area contributed by atoms with Gasteiger partial charge in [0.15, 0.2) is 0 Å². The fraction of sp³-hybridized carbons (Fsp3) is 0.625. The van der Waals surface area contributed by atoms with Gasteiger partial charge >= 0.3 is 5.97 Å². The zero-order valence-corrected chi connectivity index (χ0v) is 6.74. The van der Waals surface area contributed by atoms with E-state index in [0.717, 1.165) is 6.42 Å². The highest BCUT2D eigenvalue weighted by Gasteiger charge is 2.21. The van der Waals surface area contributed by atoms with Crippen molar-refractivity contribution < 1.29 is 14.3 Å². The number of esters is 1. The predicted octanol–water partition coefficient (Wildman–Crippen LogP) is 1.24. The van der Waals surface area contributed by atoms with Gasteiger partial charge in [-0.1, -0.05) is 0 Å². The summed E-state index contributed by atoms with van der Waals surface area (Å²) in [4.78, 5) is 10.6. The van der Waals surface area contributed by atoms with Crippen LogP contribution in [-0.2, 0) is 14.3 Å². The summed E-state index contributed by atoms with van der Waals surface area (Å²) in [5.41, 5.74) is 0. The van der Waals surface area contributed by atoms with E-state index in [1.54, 1.807) is 6.26 Å². The van der Waals surface area contributed by atoms with Crippen LogP contribution >= 0.6 is 0 Å². The van der Waals surface area contributed by atoms with E-state index in [9.17, 15) is 4.79 Å². The minimum Gasteiger partial charge on any atom is -0.495 e. The SMILES string of the molecule is CC(=O)O[C@@H]1CC=CO[C@@H]1C. The van der Waals surface area contributed by atoms with E-state index in [1.165, 1.54) is 6.92 Å². The number of hydrogen-bond donors (Lipinski definition) is 0. The summed E-state index contributed by atoms with van der Waals surface area (Å²) in [6, 6.07) is 0. The number of carbonyl (C=O) groups excluding carboxylic acids is 1. The molecule has 0 aromatic carbocycles. The summed E-state index contributed by atoms with van der Waals surface area (Å²) in [6.45, 7) is 3.29. The first kappa shape index (κ1) is 8.11. The number of carbonyl (C=O) groups is 1. The topological polar surface area (TPSA) is 35.5 Å². The summed E-state index contributed by atoms with van der Waals surface area (Å²) >= 11 is 0. The maximum absolute atomic E-state index is 10.6. The van der Waals surface area contributed by atoms with Gasteiger partial charge in [0.2, 0.25) is 0 Å². The molecular formula is C8H12O3. The van der Waals surface area contributed by atoms with E-state index in [1.807, 2.05) is 13.0 Å². The third-order valence-electron chi connectivity index (χ3n) is 1.60. The second-order valence-electron chi connectivity index (χ2n) is 2.60. The van der Waals surface area contributed by atoms with Gasteiger partial charge in [-0.2, -0.15) is 0 Å². The third kappa shape index (κ3) is 2.26. The highest BCUT2D eigenvalue weighted by Crippen LogP contribution is 2.14. The lowest BCUT2D eigenvalue weighted by Gasteiger charge is -2.24. The van der Waals surface area contributed by atoms with E-state index < -0.39 is 0 Å². The zero-order valence-electron chi connectivity index (χ0n) is 6.74. The Bertz CT molecular complexity index is 174. The Morgan fingerprint density at radius 2 is 2.45 bits per heavy atom. The van der Waals surface area contributed by atoms with Crippen LogP contribution in [0.5, 0.6) is 0 Å². The molecule has 1 heterocycles. The Labute approximate surface area is 66.0 Å². The molecule has 3 heteroatoms. The van der Waals surface area contributed by atoms with Gasteiger partial charge in [-0.05, 0) is 13.0 Å². The molecule has 0 unspecified atom stereocenters. The van der Waals surface area contributed by atoms with Gasteiger partial charge < -0.3 is 9.47 Å². The van der Waals surface area contributed by atoms with Crippen molar-refractivity contribution in [3.8, 4) is 0 Å². The van der Waals surface area contributed by atoms with Crippen LogP contribution in [0.4, 0.5) is 0 Å². The van der Waals surface area contributed by atoms with Gasteiger partial charge in [-0.25, -0.2) is 0 Å². The normalized spacial score (nSPS) is 29.3. The average Bonchev–Trinajstić information content (AvgIpc) is 1.93. The molecule has 1 aliphatic heterocycles. The van der Waals surface area contributed by atoms with Crippen molar-refractivity contribution in [1.29, 1.82) is 0 Å². The maximum atomic E-state index is 10.6. The molecular weight excluding hydrogens is 144 g/mol. The van der Waals surface area contributed by atoms with Crippen molar-refractivity contribution in [3.63, 3.8) is 0 Å². The summed E-state index contributed by atoms with van der Waals surface area (Å²) in [7, 11) is 0. The molecule has 0 fully saturated rings. The molecule has 0 spiro atoms. The summed E-state index contributed by atoms with van der Waals surface area (Å²) in [5, 5.41) is 0. The lowest BCUT2D eigenvalue weighted by atomic mass is 10.1. The van der Waals surface area contributed by atoms with Crippen LogP contribution in [0, 0.1) is 0 Å². The molecule has 1 rings (SSSR count). The molecule has 1 aliphatic rings. The van der Waals surface area contributed by atoms with Crippen LogP contribution < -0.4 is 0 Å². The van der Waals surface area contributed by atoms with Gasteiger partial charge in [0, 0.05) is 13.3 Å². The zero-order chi connectivity index (χ0) is 8.27. The van der Waals surface area contributed by atoms with Crippen molar-refractivity contribution in [2.75, 3.05) is 0 Å². The monoisotopic (exact) mass is 156 g/mol. The van der Waals surface area contributed by atoms with E-state index in [4.69, 9.17) is 9.47 Å². The van der Waals surface area contributed by atoms with Crippen molar-refractivity contribution in [2.24, 2.45) is 0 Å². The molecule has 0 amide bonds. The molecule has 0 aromatic rings.